The van der Waals surface area contributed by atoms with Crippen molar-refractivity contribution in [2.45, 2.75) is 12.8 Å². The van der Waals surface area contributed by atoms with Crippen LogP contribution in [0, 0.1) is 5.41 Å². The molecule has 1 aromatic heterocycles. The summed E-state index contributed by atoms with van der Waals surface area (Å²) < 4.78 is 5.31. The maximum atomic E-state index is 9.31. The number of nitrogen functional groups attached to an aromatic ring is 1. The summed E-state index contributed by atoms with van der Waals surface area (Å²) in [7, 11) is 0. The Bertz CT molecular complexity index is 473. The van der Waals surface area contributed by atoms with E-state index in [-0.39, 0.29) is 18.0 Å². The predicted molar refractivity (Wildman–Crippen MR) is 74.5 cm³/mol. The molecular weight excluding hydrogens is 260 g/mol. The van der Waals surface area contributed by atoms with Gasteiger partial charge in [0.25, 0.3) is 0 Å². The third-order valence-electron chi connectivity index (χ3n) is 3.85. The number of aromatic nitrogens is 3. The molecule has 3 rings (SSSR count). The van der Waals surface area contributed by atoms with Gasteiger partial charge in [-0.05, 0) is 12.8 Å². The zero-order valence-electron chi connectivity index (χ0n) is 11.4. The van der Waals surface area contributed by atoms with Gasteiger partial charge in [0.2, 0.25) is 17.8 Å². The van der Waals surface area contributed by atoms with Gasteiger partial charge in [0.15, 0.2) is 0 Å². The number of nitrogens with one attached hydrogen (secondary N) is 1. The van der Waals surface area contributed by atoms with Gasteiger partial charge in [0.05, 0.1) is 19.8 Å². The van der Waals surface area contributed by atoms with Crippen LogP contribution in [0.5, 0.6) is 0 Å². The molecule has 2 heterocycles. The fraction of sp³-hybridized carbons (Fsp3) is 0.750. The van der Waals surface area contributed by atoms with Crippen molar-refractivity contribution < 1.29 is 9.84 Å². The molecular formula is C12H20N6O2. The van der Waals surface area contributed by atoms with Crippen molar-refractivity contribution in [1.82, 2.24) is 15.0 Å². The van der Waals surface area contributed by atoms with Crippen LogP contribution in [0.25, 0.3) is 0 Å². The van der Waals surface area contributed by atoms with E-state index in [1.165, 1.54) is 0 Å². The second-order valence-corrected chi connectivity index (χ2v) is 5.43. The Hall–Kier alpha value is -1.67. The first-order valence-electron chi connectivity index (χ1n) is 6.90. The lowest BCUT2D eigenvalue weighted by molar-refractivity contribution is 0.122. The number of hydrogen-bond acceptors (Lipinski definition) is 8. The summed E-state index contributed by atoms with van der Waals surface area (Å²) >= 11 is 0. The number of nitrogens with zero attached hydrogens (tertiary/aromatic N) is 4. The van der Waals surface area contributed by atoms with E-state index in [0.29, 0.717) is 31.7 Å². The van der Waals surface area contributed by atoms with E-state index in [4.69, 9.17) is 10.5 Å². The average Bonchev–Trinajstić information content (AvgIpc) is 3.26. The molecule has 2 aliphatic rings. The van der Waals surface area contributed by atoms with Crippen LogP contribution in [0.4, 0.5) is 17.8 Å². The van der Waals surface area contributed by atoms with Gasteiger partial charge in [-0.1, -0.05) is 0 Å². The molecule has 1 saturated heterocycles. The molecule has 1 saturated carbocycles. The first-order chi connectivity index (χ1) is 9.71. The minimum absolute atomic E-state index is 0.000515. The first kappa shape index (κ1) is 13.3. The SMILES string of the molecule is Nc1nc(NCC2(CO)CC2)nc(N2CCOCC2)n1. The standard InChI is InChI=1S/C12H20N6O2/c13-9-15-10(14-7-12(8-19)1-2-12)17-11(16-9)18-3-5-20-6-4-18/h19H,1-8H2,(H3,13,14,15,16,17). The second kappa shape index (κ2) is 5.37. The maximum Gasteiger partial charge on any atom is 0.232 e. The number of morpholine rings is 1. The lowest BCUT2D eigenvalue weighted by atomic mass is 10.1. The molecule has 8 nitrogen and oxygen atoms in total. The zero-order valence-corrected chi connectivity index (χ0v) is 11.4. The Morgan fingerprint density at radius 2 is 2.00 bits per heavy atom. The summed E-state index contributed by atoms with van der Waals surface area (Å²) in [5.74, 6) is 1.26. The van der Waals surface area contributed by atoms with E-state index in [2.05, 4.69) is 20.3 Å². The first-order valence-corrected chi connectivity index (χ1v) is 6.90. The summed E-state index contributed by atoms with van der Waals surface area (Å²) in [6, 6.07) is 0. The van der Waals surface area contributed by atoms with Crippen LogP contribution in [-0.2, 0) is 4.74 Å². The Labute approximate surface area is 117 Å². The second-order valence-electron chi connectivity index (χ2n) is 5.43. The largest absolute Gasteiger partial charge is 0.396 e. The zero-order chi connectivity index (χ0) is 14.0. The van der Waals surface area contributed by atoms with E-state index in [0.717, 1.165) is 25.9 Å². The fourth-order valence-corrected chi connectivity index (χ4v) is 2.20. The number of aliphatic hydroxyl groups excluding tert-OH is 1. The molecule has 0 atom stereocenters. The van der Waals surface area contributed by atoms with Crippen LogP contribution in [-0.4, -0.2) is 59.5 Å². The van der Waals surface area contributed by atoms with Gasteiger partial charge in [-0.3, -0.25) is 0 Å². The molecule has 1 aromatic rings. The minimum atomic E-state index is 0.000515. The van der Waals surface area contributed by atoms with Gasteiger partial charge >= 0.3 is 0 Å². The van der Waals surface area contributed by atoms with Crippen molar-refractivity contribution in [2.75, 3.05) is 55.4 Å². The molecule has 1 aliphatic carbocycles. The van der Waals surface area contributed by atoms with E-state index in [1.807, 2.05) is 4.90 Å². The predicted octanol–water partition coefficient (Wildman–Crippen LogP) is -0.525. The molecule has 0 radical (unpaired) electrons. The highest BCUT2D eigenvalue weighted by atomic mass is 16.5. The molecule has 8 heteroatoms. The minimum Gasteiger partial charge on any atom is -0.396 e. The fourth-order valence-electron chi connectivity index (χ4n) is 2.20. The van der Waals surface area contributed by atoms with Gasteiger partial charge in [-0.2, -0.15) is 15.0 Å². The highest BCUT2D eigenvalue weighted by Gasteiger charge is 2.41. The van der Waals surface area contributed by atoms with Crippen LogP contribution in [0.1, 0.15) is 12.8 Å². The lowest BCUT2D eigenvalue weighted by Crippen LogP contribution is -2.37. The van der Waals surface area contributed by atoms with Crippen molar-refractivity contribution in [3.8, 4) is 0 Å². The number of rotatable bonds is 5. The lowest BCUT2D eigenvalue weighted by Gasteiger charge is -2.27. The number of nitrogens with two attached hydrogens (primary N) is 1. The molecule has 0 spiro atoms. The highest BCUT2D eigenvalue weighted by Crippen LogP contribution is 2.44. The van der Waals surface area contributed by atoms with Gasteiger partial charge in [-0.25, -0.2) is 0 Å². The number of aliphatic hydroxyl groups is 1. The van der Waals surface area contributed by atoms with Gasteiger partial charge < -0.3 is 25.8 Å². The molecule has 0 bridgehead atoms. The van der Waals surface area contributed by atoms with Crippen LogP contribution in [0.15, 0.2) is 0 Å². The Kier molecular flexibility index (Phi) is 3.58. The van der Waals surface area contributed by atoms with Crippen LogP contribution < -0.4 is 16.0 Å². The maximum absolute atomic E-state index is 9.31. The summed E-state index contributed by atoms with van der Waals surface area (Å²) in [4.78, 5) is 14.7. The normalized spacial score (nSPS) is 20.8. The summed E-state index contributed by atoms with van der Waals surface area (Å²) in [5, 5.41) is 12.5. The monoisotopic (exact) mass is 280 g/mol. The Morgan fingerprint density at radius 3 is 2.65 bits per heavy atom. The third kappa shape index (κ3) is 2.91. The molecule has 0 unspecified atom stereocenters. The Balaban J connectivity index is 1.69. The van der Waals surface area contributed by atoms with E-state index in [9.17, 15) is 5.11 Å². The average molecular weight is 280 g/mol. The van der Waals surface area contributed by atoms with E-state index in [1.54, 1.807) is 0 Å². The molecule has 0 aromatic carbocycles. The topological polar surface area (TPSA) is 109 Å². The summed E-state index contributed by atoms with van der Waals surface area (Å²) in [6.07, 6.45) is 2.07. The van der Waals surface area contributed by atoms with Crippen molar-refractivity contribution >= 4 is 17.8 Å². The van der Waals surface area contributed by atoms with Crippen LogP contribution in [0.3, 0.4) is 0 Å². The molecule has 2 fully saturated rings. The van der Waals surface area contributed by atoms with Gasteiger partial charge in [0.1, 0.15) is 0 Å². The molecule has 0 amide bonds. The Morgan fingerprint density at radius 1 is 1.25 bits per heavy atom. The molecule has 20 heavy (non-hydrogen) atoms. The number of ether oxygens (including phenoxy) is 1. The highest BCUT2D eigenvalue weighted by molar-refractivity contribution is 5.42. The smallest absolute Gasteiger partial charge is 0.232 e. The molecule has 1 aliphatic heterocycles. The van der Waals surface area contributed by atoms with E-state index >= 15 is 0 Å². The van der Waals surface area contributed by atoms with Gasteiger partial charge in [0, 0.05) is 25.0 Å². The van der Waals surface area contributed by atoms with Crippen LogP contribution >= 0.6 is 0 Å². The molecule has 4 N–H and O–H groups in total. The summed E-state index contributed by atoms with van der Waals surface area (Å²) in [6.45, 7) is 3.70. The quantitative estimate of drug-likeness (QED) is 0.660. The van der Waals surface area contributed by atoms with Crippen molar-refractivity contribution in [2.24, 2.45) is 5.41 Å². The summed E-state index contributed by atoms with van der Waals surface area (Å²) in [5.41, 5.74) is 5.74. The van der Waals surface area contributed by atoms with Gasteiger partial charge in [-0.15, -0.1) is 0 Å². The van der Waals surface area contributed by atoms with Crippen LogP contribution in [0.2, 0.25) is 0 Å². The third-order valence-corrected chi connectivity index (χ3v) is 3.85. The molecule has 110 valence electrons. The van der Waals surface area contributed by atoms with E-state index < -0.39 is 0 Å². The van der Waals surface area contributed by atoms with Crippen molar-refractivity contribution in [3.05, 3.63) is 0 Å². The number of hydrogen-bond donors (Lipinski definition) is 3. The van der Waals surface area contributed by atoms with Crippen molar-refractivity contribution in [1.29, 1.82) is 0 Å². The van der Waals surface area contributed by atoms with Crippen molar-refractivity contribution in [3.63, 3.8) is 0 Å². The number of anilines is 3.